The molecule has 0 saturated heterocycles. The Hall–Kier alpha value is -1.59. The summed E-state index contributed by atoms with van der Waals surface area (Å²) in [6.07, 6.45) is 3.25. The third kappa shape index (κ3) is 4.72. The molecule has 1 fully saturated rings. The lowest BCUT2D eigenvalue weighted by atomic mass is 10.0. The standard InChI is InChI=1S/C16H24N2O3/c1-11(18-13-5-6-13)12-4-7-14(16(17)19)15(10-12)21-9-3-8-20-2/h4,7,10-11,13,18H,3,5-6,8-9H2,1-2H3,(H2,17,19). The summed E-state index contributed by atoms with van der Waals surface area (Å²) in [7, 11) is 1.65. The number of carbonyl (C=O) groups excluding carboxylic acids is 1. The van der Waals surface area contributed by atoms with Crippen LogP contribution in [0.3, 0.4) is 0 Å². The fourth-order valence-corrected chi connectivity index (χ4v) is 2.22. The molecule has 0 aromatic heterocycles. The Morgan fingerprint density at radius 1 is 1.43 bits per heavy atom. The van der Waals surface area contributed by atoms with E-state index in [1.165, 1.54) is 12.8 Å². The van der Waals surface area contributed by atoms with Gasteiger partial charge in [0.1, 0.15) is 5.75 Å². The molecule has 1 amide bonds. The zero-order valence-corrected chi connectivity index (χ0v) is 12.7. The number of amides is 1. The van der Waals surface area contributed by atoms with Gasteiger partial charge in [-0.1, -0.05) is 6.07 Å². The van der Waals surface area contributed by atoms with Gasteiger partial charge in [0, 0.05) is 32.2 Å². The first kappa shape index (κ1) is 15.8. The van der Waals surface area contributed by atoms with Crippen LogP contribution in [0.25, 0.3) is 0 Å². The topological polar surface area (TPSA) is 73.6 Å². The van der Waals surface area contributed by atoms with Crippen LogP contribution in [0.15, 0.2) is 18.2 Å². The van der Waals surface area contributed by atoms with Gasteiger partial charge >= 0.3 is 0 Å². The summed E-state index contributed by atoms with van der Waals surface area (Å²) in [6.45, 7) is 3.25. The van der Waals surface area contributed by atoms with Gasteiger partial charge in [-0.15, -0.1) is 0 Å². The zero-order chi connectivity index (χ0) is 15.2. The summed E-state index contributed by atoms with van der Waals surface area (Å²) < 4.78 is 10.7. The number of methoxy groups -OCH3 is 1. The van der Waals surface area contributed by atoms with Gasteiger partial charge in [0.15, 0.2) is 0 Å². The normalized spacial score (nSPS) is 15.7. The Bertz CT molecular complexity index is 486. The second kappa shape index (κ2) is 7.43. The highest BCUT2D eigenvalue weighted by molar-refractivity contribution is 5.95. The quantitative estimate of drug-likeness (QED) is 0.683. The first-order valence-electron chi connectivity index (χ1n) is 7.43. The molecule has 0 spiro atoms. The molecule has 0 bridgehead atoms. The van der Waals surface area contributed by atoms with Crippen molar-refractivity contribution in [3.8, 4) is 5.75 Å². The van der Waals surface area contributed by atoms with Crippen LogP contribution in [-0.4, -0.2) is 32.3 Å². The van der Waals surface area contributed by atoms with E-state index in [0.29, 0.717) is 30.6 Å². The summed E-state index contributed by atoms with van der Waals surface area (Å²) in [5.41, 5.74) is 6.93. The van der Waals surface area contributed by atoms with Gasteiger partial charge in [-0.2, -0.15) is 0 Å². The summed E-state index contributed by atoms with van der Waals surface area (Å²) in [6, 6.07) is 6.45. The SMILES string of the molecule is COCCCOc1cc(C(C)NC2CC2)ccc1C(N)=O. The van der Waals surface area contributed by atoms with Crippen molar-refractivity contribution < 1.29 is 14.3 Å². The van der Waals surface area contributed by atoms with E-state index in [2.05, 4.69) is 12.2 Å². The summed E-state index contributed by atoms with van der Waals surface area (Å²) in [5.74, 6) is 0.0895. The second-order valence-corrected chi connectivity index (χ2v) is 5.48. The van der Waals surface area contributed by atoms with Crippen LogP contribution in [-0.2, 0) is 4.74 Å². The van der Waals surface area contributed by atoms with Crippen molar-refractivity contribution in [1.82, 2.24) is 5.32 Å². The molecule has 1 unspecified atom stereocenters. The monoisotopic (exact) mass is 292 g/mol. The van der Waals surface area contributed by atoms with Crippen LogP contribution in [0.4, 0.5) is 0 Å². The minimum absolute atomic E-state index is 0.237. The van der Waals surface area contributed by atoms with Gasteiger partial charge in [0.05, 0.1) is 12.2 Å². The predicted octanol–water partition coefficient (Wildman–Crippen LogP) is 2.01. The molecule has 5 nitrogen and oxygen atoms in total. The zero-order valence-electron chi connectivity index (χ0n) is 12.7. The van der Waals surface area contributed by atoms with Gasteiger partial charge in [0.2, 0.25) is 0 Å². The number of nitrogens with one attached hydrogen (secondary N) is 1. The molecule has 1 saturated carbocycles. The molecule has 1 aromatic carbocycles. The van der Waals surface area contributed by atoms with Crippen LogP contribution >= 0.6 is 0 Å². The number of ether oxygens (including phenoxy) is 2. The molecule has 1 atom stereocenters. The van der Waals surface area contributed by atoms with Gasteiger partial charge in [-0.25, -0.2) is 0 Å². The summed E-state index contributed by atoms with van der Waals surface area (Å²) in [4.78, 5) is 11.5. The first-order chi connectivity index (χ1) is 10.1. The number of rotatable bonds is 9. The van der Waals surface area contributed by atoms with Gasteiger partial charge in [-0.05, 0) is 37.5 Å². The highest BCUT2D eigenvalue weighted by atomic mass is 16.5. The van der Waals surface area contributed by atoms with Crippen molar-refractivity contribution in [2.75, 3.05) is 20.3 Å². The van der Waals surface area contributed by atoms with E-state index < -0.39 is 5.91 Å². The highest BCUT2D eigenvalue weighted by Crippen LogP contribution is 2.27. The van der Waals surface area contributed by atoms with Crippen LogP contribution in [0.1, 0.15) is 48.1 Å². The minimum Gasteiger partial charge on any atom is -0.493 e. The third-order valence-electron chi connectivity index (χ3n) is 3.58. The first-order valence-corrected chi connectivity index (χ1v) is 7.43. The largest absolute Gasteiger partial charge is 0.493 e. The average molecular weight is 292 g/mol. The van der Waals surface area contributed by atoms with Crippen molar-refractivity contribution in [2.45, 2.75) is 38.3 Å². The van der Waals surface area contributed by atoms with Crippen LogP contribution in [0.5, 0.6) is 5.75 Å². The molecule has 3 N–H and O–H groups in total. The van der Waals surface area contributed by atoms with Crippen LogP contribution in [0.2, 0.25) is 0 Å². The van der Waals surface area contributed by atoms with Crippen molar-refractivity contribution in [2.24, 2.45) is 5.73 Å². The molecule has 1 aromatic rings. The van der Waals surface area contributed by atoms with E-state index in [1.807, 2.05) is 12.1 Å². The second-order valence-electron chi connectivity index (χ2n) is 5.48. The van der Waals surface area contributed by atoms with Gasteiger partial charge < -0.3 is 20.5 Å². The fraction of sp³-hybridized carbons (Fsp3) is 0.562. The van der Waals surface area contributed by atoms with Crippen molar-refractivity contribution >= 4 is 5.91 Å². The maximum Gasteiger partial charge on any atom is 0.252 e. The Kier molecular flexibility index (Phi) is 5.59. The van der Waals surface area contributed by atoms with E-state index in [0.717, 1.165) is 12.0 Å². The lowest BCUT2D eigenvalue weighted by Gasteiger charge is -2.17. The molecule has 0 radical (unpaired) electrons. The van der Waals surface area contributed by atoms with Crippen molar-refractivity contribution in [3.05, 3.63) is 29.3 Å². The Balaban J connectivity index is 2.07. The maximum atomic E-state index is 11.5. The van der Waals surface area contributed by atoms with E-state index in [1.54, 1.807) is 13.2 Å². The number of hydrogen-bond donors (Lipinski definition) is 2. The maximum absolute atomic E-state index is 11.5. The lowest BCUT2D eigenvalue weighted by Crippen LogP contribution is -2.21. The van der Waals surface area contributed by atoms with Crippen molar-refractivity contribution in [3.63, 3.8) is 0 Å². The number of benzene rings is 1. The molecule has 0 heterocycles. The van der Waals surface area contributed by atoms with E-state index in [4.69, 9.17) is 15.2 Å². The molecule has 0 aliphatic heterocycles. The summed E-state index contributed by atoms with van der Waals surface area (Å²) in [5, 5.41) is 3.53. The molecule has 2 rings (SSSR count). The third-order valence-corrected chi connectivity index (χ3v) is 3.58. The number of carbonyl (C=O) groups is 1. The minimum atomic E-state index is -0.467. The number of primary amides is 1. The molecular formula is C16H24N2O3. The van der Waals surface area contributed by atoms with E-state index in [-0.39, 0.29) is 6.04 Å². The number of hydrogen-bond acceptors (Lipinski definition) is 4. The van der Waals surface area contributed by atoms with E-state index in [9.17, 15) is 4.79 Å². The molecule has 116 valence electrons. The predicted molar refractivity (Wildman–Crippen MR) is 81.5 cm³/mol. The van der Waals surface area contributed by atoms with E-state index >= 15 is 0 Å². The number of nitrogens with two attached hydrogens (primary N) is 1. The van der Waals surface area contributed by atoms with Crippen LogP contribution in [0, 0.1) is 0 Å². The molecular weight excluding hydrogens is 268 g/mol. The van der Waals surface area contributed by atoms with Gasteiger partial charge in [0.25, 0.3) is 5.91 Å². The molecule has 5 heteroatoms. The lowest BCUT2D eigenvalue weighted by molar-refractivity contribution is 0.0995. The van der Waals surface area contributed by atoms with Crippen LogP contribution < -0.4 is 15.8 Å². The molecule has 1 aliphatic carbocycles. The summed E-state index contributed by atoms with van der Waals surface area (Å²) >= 11 is 0. The highest BCUT2D eigenvalue weighted by Gasteiger charge is 2.23. The smallest absolute Gasteiger partial charge is 0.252 e. The molecule has 21 heavy (non-hydrogen) atoms. The Labute approximate surface area is 125 Å². The Morgan fingerprint density at radius 2 is 2.19 bits per heavy atom. The Morgan fingerprint density at radius 3 is 2.81 bits per heavy atom. The molecule has 1 aliphatic rings. The van der Waals surface area contributed by atoms with Gasteiger partial charge in [-0.3, -0.25) is 4.79 Å². The van der Waals surface area contributed by atoms with Crippen molar-refractivity contribution in [1.29, 1.82) is 0 Å². The fourth-order valence-electron chi connectivity index (χ4n) is 2.22. The average Bonchev–Trinajstić information content (AvgIpc) is 3.27.